The van der Waals surface area contributed by atoms with Crippen LogP contribution in [0.4, 0.5) is 4.39 Å². The number of nitrogens with zero attached hydrogens (tertiary/aromatic N) is 1. The quantitative estimate of drug-likeness (QED) is 0.795. The van der Waals surface area contributed by atoms with Crippen LogP contribution in [-0.2, 0) is 0 Å². The Morgan fingerprint density at radius 1 is 0.909 bits per heavy atom. The molecular formula is C19H22FNO. The minimum atomic E-state index is -0.269. The monoisotopic (exact) mass is 299 g/mol. The summed E-state index contributed by atoms with van der Waals surface area (Å²) >= 11 is 0. The lowest BCUT2D eigenvalue weighted by Gasteiger charge is -2.25. The van der Waals surface area contributed by atoms with Gasteiger partial charge in [-0.15, -0.1) is 0 Å². The van der Waals surface area contributed by atoms with Crippen molar-refractivity contribution in [3.8, 4) is 0 Å². The van der Waals surface area contributed by atoms with Gasteiger partial charge in [0.25, 0.3) is 5.91 Å². The number of rotatable bonds is 4. The molecule has 0 saturated heterocycles. The summed E-state index contributed by atoms with van der Waals surface area (Å²) in [6.07, 6.45) is 0. The summed E-state index contributed by atoms with van der Waals surface area (Å²) in [5, 5.41) is 0. The maximum atomic E-state index is 13.0. The summed E-state index contributed by atoms with van der Waals surface area (Å²) < 4.78 is 13.0. The van der Waals surface area contributed by atoms with Crippen molar-refractivity contribution in [2.24, 2.45) is 0 Å². The number of carbonyl (C=O) groups is 1. The van der Waals surface area contributed by atoms with Crippen LogP contribution >= 0.6 is 0 Å². The van der Waals surface area contributed by atoms with E-state index in [2.05, 4.69) is 13.8 Å². The van der Waals surface area contributed by atoms with Crippen LogP contribution in [0.15, 0.2) is 48.5 Å². The first-order valence-corrected chi connectivity index (χ1v) is 7.52. The highest BCUT2D eigenvalue weighted by Crippen LogP contribution is 2.22. The Kier molecular flexibility index (Phi) is 4.96. The van der Waals surface area contributed by atoms with Gasteiger partial charge in [0.2, 0.25) is 0 Å². The molecule has 1 unspecified atom stereocenters. The predicted octanol–water partition coefficient (Wildman–Crippen LogP) is 4.78. The Bertz CT molecular complexity index is 631. The van der Waals surface area contributed by atoms with Gasteiger partial charge in [-0.25, -0.2) is 4.39 Å². The zero-order valence-corrected chi connectivity index (χ0v) is 13.5. The molecule has 0 aliphatic carbocycles. The summed E-state index contributed by atoms with van der Waals surface area (Å²) in [6, 6.07) is 13.9. The summed E-state index contributed by atoms with van der Waals surface area (Å²) in [5.74, 6) is 0.140. The molecule has 0 aliphatic rings. The van der Waals surface area contributed by atoms with Crippen LogP contribution in [-0.4, -0.2) is 17.9 Å². The molecule has 0 saturated carbocycles. The molecule has 0 N–H and O–H groups in total. The van der Waals surface area contributed by atoms with E-state index in [1.54, 1.807) is 24.1 Å². The minimum absolute atomic E-state index is 0.0351. The molecule has 0 aromatic heterocycles. The largest absolute Gasteiger partial charge is 0.335 e. The molecule has 2 aromatic rings. The normalized spacial score (nSPS) is 12.3. The van der Waals surface area contributed by atoms with Crippen LogP contribution in [0.25, 0.3) is 0 Å². The Balaban J connectivity index is 2.15. The lowest BCUT2D eigenvalue weighted by Crippen LogP contribution is -2.29. The molecule has 116 valence electrons. The third-order valence-corrected chi connectivity index (χ3v) is 4.08. The summed E-state index contributed by atoms with van der Waals surface area (Å²) in [4.78, 5) is 14.2. The highest BCUT2D eigenvalue weighted by Gasteiger charge is 2.19. The van der Waals surface area contributed by atoms with E-state index in [1.165, 1.54) is 17.7 Å². The molecule has 0 radical (unpaired) electrons. The second-order valence-corrected chi connectivity index (χ2v) is 5.92. The number of hydrogen-bond acceptors (Lipinski definition) is 1. The number of carbonyl (C=O) groups excluding carboxylic acids is 1. The van der Waals surface area contributed by atoms with E-state index in [-0.39, 0.29) is 17.8 Å². The Hall–Kier alpha value is -2.16. The molecule has 0 bridgehead atoms. The second-order valence-electron chi connectivity index (χ2n) is 5.92. The van der Waals surface area contributed by atoms with Crippen LogP contribution < -0.4 is 0 Å². The molecule has 3 heteroatoms. The van der Waals surface area contributed by atoms with Crippen LogP contribution in [0.1, 0.15) is 54.2 Å². The van der Waals surface area contributed by atoms with Gasteiger partial charge in [-0.1, -0.05) is 38.1 Å². The molecule has 2 rings (SSSR count). The van der Waals surface area contributed by atoms with Gasteiger partial charge in [0.05, 0.1) is 6.04 Å². The molecule has 22 heavy (non-hydrogen) atoms. The highest BCUT2D eigenvalue weighted by atomic mass is 19.1. The van der Waals surface area contributed by atoms with Crippen LogP contribution in [0.3, 0.4) is 0 Å². The first kappa shape index (κ1) is 16.2. The summed E-state index contributed by atoms with van der Waals surface area (Å²) in [6.45, 7) is 6.19. The average molecular weight is 299 g/mol. The number of halogens is 1. The lowest BCUT2D eigenvalue weighted by molar-refractivity contribution is 0.0742. The van der Waals surface area contributed by atoms with Gasteiger partial charge in [-0.05, 0) is 48.2 Å². The molecule has 2 aromatic carbocycles. The van der Waals surface area contributed by atoms with Crippen LogP contribution in [0.2, 0.25) is 0 Å². The molecule has 0 spiro atoms. The fraction of sp³-hybridized carbons (Fsp3) is 0.316. The Morgan fingerprint density at radius 2 is 1.41 bits per heavy atom. The standard InChI is InChI=1S/C19H22FNO/c1-13(2)15-5-7-17(8-6-15)19(22)21(4)14(3)16-9-11-18(20)12-10-16/h5-14H,1-4H3. The number of benzene rings is 2. The van der Waals surface area contributed by atoms with Gasteiger partial charge in [0, 0.05) is 12.6 Å². The predicted molar refractivity (Wildman–Crippen MR) is 87.4 cm³/mol. The van der Waals surface area contributed by atoms with E-state index in [4.69, 9.17) is 0 Å². The van der Waals surface area contributed by atoms with Crippen LogP contribution in [0, 0.1) is 5.82 Å². The maximum Gasteiger partial charge on any atom is 0.254 e. The van der Waals surface area contributed by atoms with E-state index < -0.39 is 0 Å². The summed E-state index contributed by atoms with van der Waals surface area (Å²) in [5.41, 5.74) is 2.79. The number of hydrogen-bond donors (Lipinski definition) is 0. The SMILES string of the molecule is CC(C)c1ccc(C(=O)N(C)C(C)c2ccc(F)cc2)cc1. The first-order valence-electron chi connectivity index (χ1n) is 7.52. The smallest absolute Gasteiger partial charge is 0.254 e. The zero-order chi connectivity index (χ0) is 16.3. The van der Waals surface area contributed by atoms with Crippen molar-refractivity contribution in [3.63, 3.8) is 0 Å². The minimum Gasteiger partial charge on any atom is -0.335 e. The topological polar surface area (TPSA) is 20.3 Å². The Labute approximate surface area is 131 Å². The molecular weight excluding hydrogens is 277 g/mol. The molecule has 1 atom stereocenters. The van der Waals surface area contributed by atoms with Crippen molar-refractivity contribution in [3.05, 3.63) is 71.0 Å². The molecule has 1 amide bonds. The fourth-order valence-corrected chi connectivity index (χ4v) is 2.36. The van der Waals surface area contributed by atoms with Gasteiger partial charge in [-0.3, -0.25) is 4.79 Å². The molecule has 0 fully saturated rings. The van der Waals surface area contributed by atoms with Gasteiger partial charge in [-0.2, -0.15) is 0 Å². The summed E-state index contributed by atoms with van der Waals surface area (Å²) in [7, 11) is 1.77. The lowest BCUT2D eigenvalue weighted by atomic mass is 10.0. The van der Waals surface area contributed by atoms with Crippen molar-refractivity contribution >= 4 is 5.91 Å². The fourth-order valence-electron chi connectivity index (χ4n) is 2.36. The molecule has 2 nitrogen and oxygen atoms in total. The van der Waals surface area contributed by atoms with E-state index in [0.717, 1.165) is 5.56 Å². The van der Waals surface area contributed by atoms with Gasteiger partial charge >= 0.3 is 0 Å². The number of amides is 1. The van der Waals surface area contributed by atoms with Gasteiger partial charge < -0.3 is 4.90 Å². The third kappa shape index (κ3) is 3.53. The molecule has 0 aliphatic heterocycles. The van der Waals surface area contributed by atoms with Crippen molar-refractivity contribution in [1.29, 1.82) is 0 Å². The van der Waals surface area contributed by atoms with E-state index in [0.29, 0.717) is 11.5 Å². The second kappa shape index (κ2) is 6.73. The maximum absolute atomic E-state index is 13.0. The van der Waals surface area contributed by atoms with Crippen LogP contribution in [0.5, 0.6) is 0 Å². The third-order valence-electron chi connectivity index (χ3n) is 4.08. The van der Waals surface area contributed by atoms with Gasteiger partial charge in [0.1, 0.15) is 5.82 Å². The van der Waals surface area contributed by atoms with E-state index in [9.17, 15) is 9.18 Å². The van der Waals surface area contributed by atoms with Crippen molar-refractivity contribution in [2.45, 2.75) is 32.7 Å². The Morgan fingerprint density at radius 3 is 1.91 bits per heavy atom. The first-order chi connectivity index (χ1) is 10.4. The highest BCUT2D eigenvalue weighted by molar-refractivity contribution is 5.94. The zero-order valence-electron chi connectivity index (χ0n) is 13.5. The van der Waals surface area contributed by atoms with Gasteiger partial charge in [0.15, 0.2) is 0 Å². The molecule has 0 heterocycles. The van der Waals surface area contributed by atoms with E-state index in [1.807, 2.05) is 31.2 Å². The van der Waals surface area contributed by atoms with Crippen molar-refractivity contribution in [1.82, 2.24) is 4.90 Å². The average Bonchev–Trinajstić information content (AvgIpc) is 2.53. The van der Waals surface area contributed by atoms with Crippen molar-refractivity contribution in [2.75, 3.05) is 7.05 Å². The van der Waals surface area contributed by atoms with Crippen molar-refractivity contribution < 1.29 is 9.18 Å². The van der Waals surface area contributed by atoms with E-state index >= 15 is 0 Å².